The van der Waals surface area contributed by atoms with Gasteiger partial charge in [0, 0.05) is 33.2 Å². The molecular weight excluding hydrogens is 753 g/mol. The van der Waals surface area contributed by atoms with E-state index in [2.05, 4.69) is 205 Å². The molecule has 0 saturated carbocycles. The maximum absolute atomic E-state index is 5.29. The van der Waals surface area contributed by atoms with Crippen molar-refractivity contribution in [2.24, 2.45) is 0 Å². The van der Waals surface area contributed by atoms with Gasteiger partial charge in [-0.15, -0.1) is 0 Å². The van der Waals surface area contributed by atoms with Crippen molar-refractivity contribution < 1.29 is 0 Å². The van der Waals surface area contributed by atoms with Crippen LogP contribution < -0.4 is 0 Å². The molecule has 2 heterocycles. The van der Waals surface area contributed by atoms with E-state index in [1.807, 2.05) is 18.2 Å². The van der Waals surface area contributed by atoms with Gasteiger partial charge in [0.05, 0.1) is 16.4 Å². The summed E-state index contributed by atoms with van der Waals surface area (Å²) in [6, 6.07) is 78.5. The van der Waals surface area contributed by atoms with Gasteiger partial charge in [-0.2, -0.15) is 0 Å². The SMILES string of the molecule is c1ccc(-c2nc(-c3cccc(-c4cccc5c4C4(c6ccccc6-c6ccccc64)c4ccccc4-5)c3)nc(-c3ccc4c(c3)c3ccccc3n4-c3ccccc3)n2)cc1. The average molecular weight is 789 g/mol. The molecule has 0 atom stereocenters. The Labute approximate surface area is 359 Å². The largest absolute Gasteiger partial charge is 0.309 e. The summed E-state index contributed by atoms with van der Waals surface area (Å²) in [5.41, 5.74) is 18.5. The number of hydrogen-bond donors (Lipinski definition) is 0. The Hall–Kier alpha value is -8.21. The van der Waals surface area contributed by atoms with Crippen LogP contribution in [0.5, 0.6) is 0 Å². The minimum absolute atomic E-state index is 0.463. The molecule has 0 bridgehead atoms. The zero-order chi connectivity index (χ0) is 40.8. The second-order valence-corrected chi connectivity index (χ2v) is 16.3. The third-order valence-corrected chi connectivity index (χ3v) is 13.1. The summed E-state index contributed by atoms with van der Waals surface area (Å²) < 4.78 is 2.33. The van der Waals surface area contributed by atoms with Crippen LogP contribution in [0.2, 0.25) is 0 Å². The van der Waals surface area contributed by atoms with E-state index in [4.69, 9.17) is 15.0 Å². The topological polar surface area (TPSA) is 43.6 Å². The van der Waals surface area contributed by atoms with Gasteiger partial charge < -0.3 is 4.57 Å². The zero-order valence-electron chi connectivity index (χ0n) is 33.6. The smallest absolute Gasteiger partial charge is 0.164 e. The van der Waals surface area contributed by atoms with Crippen LogP contribution in [0.15, 0.2) is 218 Å². The highest BCUT2D eigenvalue weighted by Crippen LogP contribution is 2.64. The van der Waals surface area contributed by atoms with Gasteiger partial charge in [-0.1, -0.05) is 176 Å². The summed E-state index contributed by atoms with van der Waals surface area (Å²) in [5, 5.41) is 2.33. The first-order chi connectivity index (χ1) is 30.8. The minimum atomic E-state index is -0.463. The van der Waals surface area contributed by atoms with Crippen LogP contribution in [-0.2, 0) is 5.41 Å². The van der Waals surface area contributed by atoms with Gasteiger partial charge in [-0.05, 0) is 98.1 Å². The zero-order valence-corrected chi connectivity index (χ0v) is 33.6. The summed E-state index contributed by atoms with van der Waals surface area (Å²) in [6.45, 7) is 0. The number of hydrogen-bond acceptors (Lipinski definition) is 3. The first-order valence-electron chi connectivity index (χ1n) is 21.2. The maximum atomic E-state index is 5.29. The minimum Gasteiger partial charge on any atom is -0.309 e. The van der Waals surface area contributed by atoms with Gasteiger partial charge in [-0.3, -0.25) is 0 Å². The molecular formula is C58H36N4. The van der Waals surface area contributed by atoms with E-state index in [0.29, 0.717) is 17.5 Å². The Morgan fingerprint density at radius 2 is 0.774 bits per heavy atom. The third-order valence-electron chi connectivity index (χ3n) is 13.1. The molecule has 0 aliphatic heterocycles. The van der Waals surface area contributed by atoms with Crippen LogP contribution in [0.25, 0.3) is 95.0 Å². The molecule has 0 saturated heterocycles. The van der Waals surface area contributed by atoms with Crippen LogP contribution in [0, 0.1) is 0 Å². The number of fused-ring (bicyclic) bond motifs is 13. The van der Waals surface area contributed by atoms with Crippen LogP contribution >= 0.6 is 0 Å². The molecule has 4 nitrogen and oxygen atoms in total. The molecule has 0 fully saturated rings. The molecule has 288 valence electrons. The maximum Gasteiger partial charge on any atom is 0.164 e. The fraction of sp³-hybridized carbons (Fsp3) is 0.0172. The molecule has 13 rings (SSSR count). The van der Waals surface area contributed by atoms with Crippen LogP contribution in [0.1, 0.15) is 22.3 Å². The summed E-state index contributed by atoms with van der Waals surface area (Å²) in [5.74, 6) is 1.90. The lowest BCUT2D eigenvalue weighted by Crippen LogP contribution is -2.26. The predicted octanol–water partition coefficient (Wildman–Crippen LogP) is 14.0. The molecule has 9 aromatic carbocycles. The van der Waals surface area contributed by atoms with Gasteiger partial charge >= 0.3 is 0 Å². The van der Waals surface area contributed by atoms with E-state index < -0.39 is 5.41 Å². The summed E-state index contributed by atoms with van der Waals surface area (Å²) in [6.07, 6.45) is 0. The average Bonchev–Trinajstić information content (AvgIpc) is 3.96. The van der Waals surface area contributed by atoms with E-state index in [-0.39, 0.29) is 0 Å². The lowest BCUT2D eigenvalue weighted by molar-refractivity contribution is 0.796. The first kappa shape index (κ1) is 34.6. The van der Waals surface area contributed by atoms with E-state index in [9.17, 15) is 0 Å². The summed E-state index contributed by atoms with van der Waals surface area (Å²) >= 11 is 0. The fourth-order valence-electron chi connectivity index (χ4n) is 10.5. The van der Waals surface area contributed by atoms with E-state index in [0.717, 1.165) is 44.4 Å². The van der Waals surface area contributed by atoms with Gasteiger partial charge in [0.25, 0.3) is 0 Å². The monoisotopic (exact) mass is 788 g/mol. The highest BCUT2D eigenvalue weighted by Gasteiger charge is 2.52. The van der Waals surface area contributed by atoms with E-state index >= 15 is 0 Å². The molecule has 2 aliphatic rings. The number of rotatable bonds is 5. The third kappa shape index (κ3) is 4.92. The van der Waals surface area contributed by atoms with Crippen molar-refractivity contribution in [1.82, 2.24) is 19.5 Å². The van der Waals surface area contributed by atoms with E-state index in [1.54, 1.807) is 0 Å². The second kappa shape index (κ2) is 13.4. The standard InChI is InChI=1S/C58H36N4/c1-3-17-37(18-4-1)55-59-56(61-57(60-55)40-33-34-53-48(36-40)46-26-10-14-32-52(46)62(53)41-21-5-2-6-22-41)39-20-15-19-38(35-39)42-27-16-28-47-45-25-9-13-31-51(45)58(54(42)47)49-29-11-7-23-43(49)44-24-8-12-30-50(44)58/h1-36H. The van der Waals surface area contributed by atoms with Gasteiger partial charge in [0.1, 0.15) is 0 Å². The van der Waals surface area contributed by atoms with Crippen molar-refractivity contribution in [3.63, 3.8) is 0 Å². The molecule has 2 aliphatic carbocycles. The first-order valence-corrected chi connectivity index (χ1v) is 21.2. The molecule has 0 N–H and O–H groups in total. The van der Waals surface area contributed by atoms with Gasteiger partial charge in [0.15, 0.2) is 17.5 Å². The molecule has 2 aromatic heterocycles. The van der Waals surface area contributed by atoms with Crippen LogP contribution in [0.4, 0.5) is 0 Å². The fourth-order valence-corrected chi connectivity index (χ4v) is 10.5. The van der Waals surface area contributed by atoms with Crippen LogP contribution in [0.3, 0.4) is 0 Å². The highest BCUT2D eigenvalue weighted by atomic mass is 15.0. The van der Waals surface area contributed by atoms with Gasteiger partial charge in [-0.25, -0.2) is 15.0 Å². The van der Waals surface area contributed by atoms with Crippen molar-refractivity contribution in [3.8, 4) is 73.2 Å². The lowest BCUT2D eigenvalue weighted by Gasteiger charge is -2.32. The molecule has 11 aromatic rings. The second-order valence-electron chi connectivity index (χ2n) is 16.3. The van der Waals surface area contributed by atoms with Crippen molar-refractivity contribution in [2.45, 2.75) is 5.41 Å². The summed E-state index contributed by atoms with van der Waals surface area (Å²) in [4.78, 5) is 15.7. The molecule has 0 amide bonds. The van der Waals surface area contributed by atoms with Crippen molar-refractivity contribution in [2.75, 3.05) is 0 Å². The predicted molar refractivity (Wildman–Crippen MR) is 252 cm³/mol. The van der Waals surface area contributed by atoms with Crippen LogP contribution in [-0.4, -0.2) is 19.5 Å². The molecule has 0 unspecified atom stereocenters. The Kier molecular flexibility index (Phi) is 7.49. The molecule has 4 heteroatoms. The van der Waals surface area contributed by atoms with E-state index in [1.165, 1.54) is 55.5 Å². The quantitative estimate of drug-likeness (QED) is 0.174. The molecule has 62 heavy (non-hydrogen) atoms. The normalized spacial score (nSPS) is 13.0. The number of aromatic nitrogens is 4. The Balaban J connectivity index is 1.00. The van der Waals surface area contributed by atoms with Crippen molar-refractivity contribution >= 4 is 21.8 Å². The molecule has 0 radical (unpaired) electrons. The Bertz CT molecular complexity index is 3520. The highest BCUT2D eigenvalue weighted by molar-refractivity contribution is 6.10. The number of para-hydroxylation sites is 2. The summed E-state index contributed by atoms with van der Waals surface area (Å²) in [7, 11) is 0. The number of nitrogens with zero attached hydrogens (tertiary/aromatic N) is 4. The number of benzene rings is 9. The Morgan fingerprint density at radius 1 is 0.306 bits per heavy atom. The lowest BCUT2D eigenvalue weighted by atomic mass is 9.68. The Morgan fingerprint density at radius 3 is 1.47 bits per heavy atom. The van der Waals surface area contributed by atoms with Crippen molar-refractivity contribution in [1.29, 1.82) is 0 Å². The van der Waals surface area contributed by atoms with Gasteiger partial charge in [0.2, 0.25) is 0 Å². The van der Waals surface area contributed by atoms with Crippen molar-refractivity contribution in [3.05, 3.63) is 241 Å². The molecule has 1 spiro atoms.